The van der Waals surface area contributed by atoms with E-state index in [1.54, 1.807) is 30.2 Å². The molecule has 0 saturated carbocycles. The number of para-hydroxylation sites is 4. The minimum atomic E-state index is -0.221. The molecular weight excluding hydrogens is 330 g/mol. The molecule has 1 N–H and O–H groups in total. The van der Waals surface area contributed by atoms with Gasteiger partial charge >= 0.3 is 6.03 Å². The van der Waals surface area contributed by atoms with Crippen molar-refractivity contribution in [3.05, 3.63) is 48.5 Å². The maximum absolute atomic E-state index is 12.6. The third-order valence-electron chi connectivity index (χ3n) is 4.31. The lowest BCUT2D eigenvalue weighted by atomic mass is 10.0. The van der Waals surface area contributed by atoms with Gasteiger partial charge in [0.2, 0.25) is 0 Å². The van der Waals surface area contributed by atoms with E-state index in [1.807, 2.05) is 30.3 Å². The van der Waals surface area contributed by atoms with Crippen molar-refractivity contribution in [1.82, 2.24) is 4.90 Å². The molecule has 0 radical (unpaired) electrons. The second-order valence-electron chi connectivity index (χ2n) is 6.09. The van der Waals surface area contributed by atoms with Crippen LogP contribution in [-0.4, -0.2) is 31.1 Å². The molecule has 2 aromatic carbocycles. The van der Waals surface area contributed by atoms with Gasteiger partial charge in [-0.15, -0.1) is 0 Å². The van der Waals surface area contributed by atoms with Crippen LogP contribution in [0.4, 0.5) is 10.5 Å². The number of hydrogen-bond donors (Lipinski definition) is 1. The molecule has 1 unspecified atom stereocenters. The van der Waals surface area contributed by atoms with Gasteiger partial charge in [-0.2, -0.15) is 5.26 Å². The van der Waals surface area contributed by atoms with E-state index in [0.29, 0.717) is 36.0 Å². The zero-order valence-electron chi connectivity index (χ0n) is 14.6. The Morgan fingerprint density at radius 3 is 2.58 bits per heavy atom. The van der Waals surface area contributed by atoms with E-state index in [-0.39, 0.29) is 11.9 Å². The number of likely N-dealkylation sites (tertiary alicyclic amines) is 1. The predicted octanol–water partition coefficient (Wildman–Crippen LogP) is 4.25. The van der Waals surface area contributed by atoms with E-state index in [9.17, 15) is 4.79 Å². The summed E-state index contributed by atoms with van der Waals surface area (Å²) in [5.41, 5.74) is 0.572. The Morgan fingerprint density at radius 1 is 1.15 bits per heavy atom. The van der Waals surface area contributed by atoms with Crippen molar-refractivity contribution in [2.45, 2.75) is 12.8 Å². The van der Waals surface area contributed by atoms with Crippen LogP contribution in [0.3, 0.4) is 0 Å². The molecular formula is C20H21N3O3. The minimum Gasteiger partial charge on any atom is -0.493 e. The number of hydrogen-bond acceptors (Lipinski definition) is 4. The number of benzene rings is 2. The highest BCUT2D eigenvalue weighted by Gasteiger charge is 2.24. The van der Waals surface area contributed by atoms with Crippen molar-refractivity contribution in [2.24, 2.45) is 5.92 Å². The van der Waals surface area contributed by atoms with Crippen molar-refractivity contribution >= 4 is 11.7 Å². The summed E-state index contributed by atoms with van der Waals surface area (Å²) in [5, 5.41) is 12.0. The van der Waals surface area contributed by atoms with Gasteiger partial charge in [0.25, 0.3) is 0 Å². The Balaban J connectivity index is 1.75. The van der Waals surface area contributed by atoms with Crippen LogP contribution in [0.5, 0.6) is 17.2 Å². The maximum Gasteiger partial charge on any atom is 0.321 e. The summed E-state index contributed by atoms with van der Waals surface area (Å²) >= 11 is 0. The number of anilines is 1. The lowest BCUT2D eigenvalue weighted by molar-refractivity contribution is 0.189. The Bertz CT molecular complexity index is 816. The Hall–Kier alpha value is -3.20. The second-order valence-corrected chi connectivity index (χ2v) is 6.09. The third-order valence-corrected chi connectivity index (χ3v) is 4.31. The lowest BCUT2D eigenvalue weighted by Crippen LogP contribution is -2.42. The normalized spacial score (nSPS) is 16.5. The van der Waals surface area contributed by atoms with Gasteiger partial charge < -0.3 is 19.7 Å². The number of carbonyl (C=O) groups is 1. The van der Waals surface area contributed by atoms with Crippen LogP contribution in [0, 0.1) is 17.2 Å². The zero-order chi connectivity index (χ0) is 18.4. The quantitative estimate of drug-likeness (QED) is 0.893. The fourth-order valence-electron chi connectivity index (χ4n) is 2.94. The monoisotopic (exact) mass is 351 g/mol. The number of nitriles is 1. The van der Waals surface area contributed by atoms with Crippen molar-refractivity contribution < 1.29 is 14.3 Å². The number of methoxy groups -OCH3 is 1. The minimum absolute atomic E-state index is 0.102. The molecule has 6 nitrogen and oxygen atoms in total. The van der Waals surface area contributed by atoms with Gasteiger partial charge in [-0.05, 0) is 37.1 Å². The second kappa shape index (κ2) is 8.26. The summed E-state index contributed by atoms with van der Waals surface area (Å²) in [4.78, 5) is 14.3. The Kier molecular flexibility index (Phi) is 5.59. The summed E-state index contributed by atoms with van der Waals surface area (Å²) in [6, 6.07) is 16.6. The van der Waals surface area contributed by atoms with Gasteiger partial charge in [0.1, 0.15) is 0 Å². The summed E-state index contributed by atoms with van der Waals surface area (Å²) in [6.07, 6.45) is 1.68. The molecule has 3 rings (SSSR count). The SMILES string of the molecule is COc1ccccc1Oc1ccccc1NC(=O)N1CCCC(C#N)C1. The largest absolute Gasteiger partial charge is 0.493 e. The fraction of sp³-hybridized carbons (Fsp3) is 0.300. The highest BCUT2D eigenvalue weighted by Crippen LogP contribution is 2.35. The van der Waals surface area contributed by atoms with Gasteiger partial charge in [-0.25, -0.2) is 4.79 Å². The van der Waals surface area contributed by atoms with Gasteiger partial charge in [0, 0.05) is 13.1 Å². The van der Waals surface area contributed by atoms with E-state index in [4.69, 9.17) is 14.7 Å². The number of urea groups is 1. The predicted molar refractivity (Wildman–Crippen MR) is 98.4 cm³/mol. The van der Waals surface area contributed by atoms with Gasteiger partial charge in [0.15, 0.2) is 17.2 Å². The number of carbonyl (C=O) groups excluding carboxylic acids is 1. The van der Waals surface area contributed by atoms with Crippen LogP contribution in [0.25, 0.3) is 0 Å². The fourth-order valence-corrected chi connectivity index (χ4v) is 2.94. The highest BCUT2D eigenvalue weighted by molar-refractivity contribution is 5.91. The maximum atomic E-state index is 12.6. The van der Waals surface area contributed by atoms with Crippen molar-refractivity contribution in [3.8, 4) is 23.3 Å². The number of nitrogens with zero attached hydrogens (tertiary/aromatic N) is 2. The van der Waals surface area contributed by atoms with Gasteiger partial charge in [-0.3, -0.25) is 0 Å². The molecule has 6 heteroatoms. The lowest BCUT2D eigenvalue weighted by Gasteiger charge is -2.29. The Morgan fingerprint density at radius 2 is 1.85 bits per heavy atom. The molecule has 2 aromatic rings. The smallest absolute Gasteiger partial charge is 0.321 e. The van der Waals surface area contributed by atoms with E-state index >= 15 is 0 Å². The number of nitrogens with one attached hydrogen (secondary N) is 1. The van der Waals surface area contributed by atoms with Crippen LogP contribution in [0.1, 0.15) is 12.8 Å². The summed E-state index contributed by atoms with van der Waals surface area (Å²) in [5.74, 6) is 1.61. The van der Waals surface area contributed by atoms with E-state index in [1.165, 1.54) is 0 Å². The first-order valence-corrected chi connectivity index (χ1v) is 8.56. The van der Waals surface area contributed by atoms with Crippen LogP contribution in [0.2, 0.25) is 0 Å². The van der Waals surface area contributed by atoms with Crippen LogP contribution < -0.4 is 14.8 Å². The van der Waals surface area contributed by atoms with Gasteiger partial charge in [0.05, 0.1) is 24.8 Å². The van der Waals surface area contributed by atoms with E-state index in [0.717, 1.165) is 12.8 Å². The van der Waals surface area contributed by atoms with Crippen molar-refractivity contribution in [2.75, 3.05) is 25.5 Å². The number of ether oxygens (including phenoxy) is 2. The topological polar surface area (TPSA) is 74.6 Å². The molecule has 26 heavy (non-hydrogen) atoms. The van der Waals surface area contributed by atoms with Crippen LogP contribution in [-0.2, 0) is 0 Å². The number of rotatable bonds is 4. The van der Waals surface area contributed by atoms with E-state index < -0.39 is 0 Å². The highest BCUT2D eigenvalue weighted by atomic mass is 16.5. The molecule has 134 valence electrons. The first-order chi connectivity index (χ1) is 12.7. The molecule has 1 heterocycles. The third kappa shape index (κ3) is 4.06. The molecule has 0 aliphatic carbocycles. The first kappa shape index (κ1) is 17.6. The average Bonchev–Trinajstić information content (AvgIpc) is 2.70. The zero-order valence-corrected chi connectivity index (χ0v) is 14.6. The summed E-state index contributed by atoms with van der Waals surface area (Å²) < 4.78 is 11.3. The van der Waals surface area contributed by atoms with E-state index in [2.05, 4.69) is 11.4 Å². The van der Waals surface area contributed by atoms with Gasteiger partial charge in [-0.1, -0.05) is 24.3 Å². The van der Waals surface area contributed by atoms with Crippen molar-refractivity contribution in [3.63, 3.8) is 0 Å². The van der Waals surface area contributed by atoms with Crippen molar-refractivity contribution in [1.29, 1.82) is 5.26 Å². The molecule has 0 aromatic heterocycles. The van der Waals surface area contributed by atoms with Crippen LogP contribution >= 0.6 is 0 Å². The first-order valence-electron chi connectivity index (χ1n) is 8.56. The average molecular weight is 351 g/mol. The Labute approximate surface area is 152 Å². The van der Waals surface area contributed by atoms with Crippen LogP contribution in [0.15, 0.2) is 48.5 Å². The molecule has 1 atom stereocenters. The molecule has 1 aliphatic rings. The molecule has 2 amide bonds. The standard InChI is InChI=1S/C20H21N3O3/c1-25-18-10-4-5-11-19(18)26-17-9-3-2-8-16(17)22-20(24)23-12-6-7-15(13-21)14-23/h2-5,8-11,15H,6-7,12,14H2,1H3,(H,22,24). The number of amides is 2. The number of piperidine rings is 1. The summed E-state index contributed by atoms with van der Waals surface area (Å²) in [7, 11) is 1.58. The summed E-state index contributed by atoms with van der Waals surface area (Å²) in [6.45, 7) is 1.11. The molecule has 1 saturated heterocycles. The molecule has 0 bridgehead atoms. The molecule has 0 spiro atoms. The molecule has 1 aliphatic heterocycles. The molecule has 1 fully saturated rings.